The van der Waals surface area contributed by atoms with Gasteiger partial charge in [0.1, 0.15) is 5.75 Å². The average Bonchev–Trinajstić information content (AvgIpc) is 2.26. The molecule has 1 atom stereocenters. The maximum absolute atomic E-state index is 10.5. The lowest BCUT2D eigenvalue weighted by molar-refractivity contribution is -0.199. The Kier molecular flexibility index (Phi) is 2.83. The van der Waals surface area contributed by atoms with Crippen LogP contribution < -0.4 is 4.74 Å². The fourth-order valence-corrected chi connectivity index (χ4v) is 1.67. The standard InChI is InChI=1S/C12H14O4/c1-12(7-6-11(13)14)15-8-9-4-2-3-5-10(9)16-12/h2-5H,6-8H2,1H3,(H,13,14). The first-order valence-corrected chi connectivity index (χ1v) is 5.22. The van der Waals surface area contributed by atoms with Gasteiger partial charge in [0.25, 0.3) is 0 Å². The molecule has 0 saturated carbocycles. The molecule has 1 aromatic carbocycles. The van der Waals surface area contributed by atoms with Gasteiger partial charge in [-0.05, 0) is 6.07 Å². The van der Waals surface area contributed by atoms with Crippen LogP contribution in [0.25, 0.3) is 0 Å². The van der Waals surface area contributed by atoms with Crippen LogP contribution in [0, 0.1) is 0 Å². The molecular weight excluding hydrogens is 208 g/mol. The fourth-order valence-electron chi connectivity index (χ4n) is 1.67. The van der Waals surface area contributed by atoms with Crippen molar-refractivity contribution in [2.45, 2.75) is 32.2 Å². The monoisotopic (exact) mass is 222 g/mol. The van der Waals surface area contributed by atoms with Crippen molar-refractivity contribution in [3.05, 3.63) is 29.8 Å². The summed E-state index contributed by atoms with van der Waals surface area (Å²) in [5.41, 5.74) is 0.996. The Morgan fingerprint density at radius 3 is 3.00 bits per heavy atom. The van der Waals surface area contributed by atoms with Crippen molar-refractivity contribution in [3.8, 4) is 5.75 Å². The third-order valence-corrected chi connectivity index (χ3v) is 2.62. The summed E-state index contributed by atoms with van der Waals surface area (Å²) in [5, 5.41) is 8.64. The Labute approximate surface area is 93.8 Å². The fraction of sp³-hybridized carbons (Fsp3) is 0.417. The van der Waals surface area contributed by atoms with E-state index in [1.54, 1.807) is 6.92 Å². The molecule has 16 heavy (non-hydrogen) atoms. The molecule has 0 saturated heterocycles. The lowest BCUT2D eigenvalue weighted by Crippen LogP contribution is -2.39. The molecule has 1 aliphatic rings. The number of ether oxygens (including phenoxy) is 2. The third-order valence-electron chi connectivity index (χ3n) is 2.62. The summed E-state index contributed by atoms with van der Waals surface area (Å²) >= 11 is 0. The topological polar surface area (TPSA) is 55.8 Å². The number of hydrogen-bond acceptors (Lipinski definition) is 3. The highest BCUT2D eigenvalue weighted by Crippen LogP contribution is 2.33. The molecule has 0 aromatic heterocycles. The minimum atomic E-state index is -0.840. The summed E-state index contributed by atoms with van der Waals surface area (Å²) in [7, 11) is 0. The van der Waals surface area contributed by atoms with E-state index in [1.165, 1.54) is 0 Å². The highest BCUT2D eigenvalue weighted by molar-refractivity contribution is 5.66. The van der Waals surface area contributed by atoms with Gasteiger partial charge in [-0.2, -0.15) is 0 Å². The van der Waals surface area contributed by atoms with E-state index < -0.39 is 11.8 Å². The Morgan fingerprint density at radius 1 is 1.50 bits per heavy atom. The van der Waals surface area contributed by atoms with Crippen LogP contribution in [0.3, 0.4) is 0 Å². The molecule has 4 heteroatoms. The van der Waals surface area contributed by atoms with Crippen LogP contribution in [0.1, 0.15) is 25.3 Å². The first-order valence-electron chi connectivity index (χ1n) is 5.22. The molecule has 0 aliphatic carbocycles. The predicted octanol–water partition coefficient (Wildman–Crippen LogP) is 2.18. The molecule has 0 amide bonds. The Hall–Kier alpha value is -1.55. The molecule has 86 valence electrons. The van der Waals surface area contributed by atoms with Crippen LogP contribution in [0.4, 0.5) is 0 Å². The highest BCUT2D eigenvalue weighted by atomic mass is 16.7. The zero-order chi connectivity index (χ0) is 11.6. The van der Waals surface area contributed by atoms with Crippen molar-refractivity contribution in [1.82, 2.24) is 0 Å². The van der Waals surface area contributed by atoms with Gasteiger partial charge in [0.2, 0.25) is 5.79 Å². The van der Waals surface area contributed by atoms with Crippen LogP contribution in [-0.4, -0.2) is 16.9 Å². The van der Waals surface area contributed by atoms with E-state index in [0.717, 1.165) is 11.3 Å². The second-order valence-corrected chi connectivity index (χ2v) is 4.03. The third kappa shape index (κ3) is 2.33. The SMILES string of the molecule is CC1(CCC(=O)O)OCc2ccccc2O1. The van der Waals surface area contributed by atoms with Gasteiger partial charge >= 0.3 is 5.97 Å². The molecule has 4 nitrogen and oxygen atoms in total. The largest absolute Gasteiger partial charge is 0.481 e. The number of fused-ring (bicyclic) bond motifs is 1. The van der Waals surface area contributed by atoms with Gasteiger partial charge in [-0.25, -0.2) is 0 Å². The van der Waals surface area contributed by atoms with E-state index in [4.69, 9.17) is 14.6 Å². The van der Waals surface area contributed by atoms with Crippen molar-refractivity contribution in [1.29, 1.82) is 0 Å². The minimum absolute atomic E-state index is 0.0403. The summed E-state index contributed by atoms with van der Waals surface area (Å²) in [4.78, 5) is 10.5. The van der Waals surface area contributed by atoms with E-state index in [1.807, 2.05) is 24.3 Å². The van der Waals surface area contributed by atoms with Crippen LogP contribution in [0.15, 0.2) is 24.3 Å². The maximum atomic E-state index is 10.5. The number of carboxylic acid groups (broad SMARTS) is 1. The smallest absolute Gasteiger partial charge is 0.303 e. The summed E-state index contributed by atoms with van der Waals surface area (Å²) in [5.74, 6) is -0.888. The summed E-state index contributed by atoms with van der Waals surface area (Å²) in [6, 6.07) is 7.62. The van der Waals surface area contributed by atoms with E-state index in [2.05, 4.69) is 0 Å². The highest BCUT2D eigenvalue weighted by Gasteiger charge is 2.32. The number of para-hydroxylation sites is 1. The van der Waals surface area contributed by atoms with E-state index in [9.17, 15) is 4.79 Å². The zero-order valence-corrected chi connectivity index (χ0v) is 9.10. The van der Waals surface area contributed by atoms with E-state index >= 15 is 0 Å². The quantitative estimate of drug-likeness (QED) is 0.851. The normalized spacial score (nSPS) is 23.3. The molecule has 0 bridgehead atoms. The maximum Gasteiger partial charge on any atom is 0.303 e. The van der Waals surface area contributed by atoms with Crippen molar-refractivity contribution in [2.24, 2.45) is 0 Å². The first kappa shape index (κ1) is 11.0. The summed E-state index contributed by atoms with van der Waals surface area (Å²) in [6.45, 7) is 2.23. The lowest BCUT2D eigenvalue weighted by atomic mass is 10.1. The van der Waals surface area contributed by atoms with Crippen molar-refractivity contribution < 1.29 is 19.4 Å². The molecular formula is C12H14O4. The molecule has 1 aromatic rings. The van der Waals surface area contributed by atoms with E-state index in [0.29, 0.717) is 13.0 Å². The lowest BCUT2D eigenvalue weighted by Gasteiger charge is -2.35. The molecule has 1 N–H and O–H groups in total. The van der Waals surface area contributed by atoms with Gasteiger partial charge in [-0.3, -0.25) is 4.79 Å². The van der Waals surface area contributed by atoms with Crippen molar-refractivity contribution >= 4 is 5.97 Å². The van der Waals surface area contributed by atoms with Crippen LogP contribution >= 0.6 is 0 Å². The Bertz CT molecular complexity index is 402. The molecule has 1 heterocycles. The molecule has 0 radical (unpaired) electrons. The molecule has 1 unspecified atom stereocenters. The molecule has 2 rings (SSSR count). The van der Waals surface area contributed by atoms with Gasteiger partial charge in [0.15, 0.2) is 0 Å². The van der Waals surface area contributed by atoms with E-state index in [-0.39, 0.29) is 6.42 Å². The van der Waals surface area contributed by atoms with Crippen LogP contribution in [0.2, 0.25) is 0 Å². The number of aliphatic carboxylic acids is 1. The summed E-state index contributed by atoms with van der Waals surface area (Å²) in [6.07, 6.45) is 0.384. The van der Waals surface area contributed by atoms with Gasteiger partial charge < -0.3 is 14.6 Å². The second-order valence-electron chi connectivity index (χ2n) is 4.03. The molecule has 0 fully saturated rings. The number of carbonyl (C=O) groups is 1. The van der Waals surface area contributed by atoms with Crippen LogP contribution in [0.5, 0.6) is 5.75 Å². The first-order chi connectivity index (χ1) is 7.59. The van der Waals surface area contributed by atoms with Crippen molar-refractivity contribution in [2.75, 3.05) is 0 Å². The number of hydrogen-bond donors (Lipinski definition) is 1. The Morgan fingerprint density at radius 2 is 2.25 bits per heavy atom. The number of carboxylic acids is 1. The predicted molar refractivity (Wildman–Crippen MR) is 57.1 cm³/mol. The zero-order valence-electron chi connectivity index (χ0n) is 9.10. The van der Waals surface area contributed by atoms with Crippen molar-refractivity contribution in [3.63, 3.8) is 0 Å². The second kappa shape index (κ2) is 4.14. The van der Waals surface area contributed by atoms with Gasteiger partial charge in [0.05, 0.1) is 13.0 Å². The van der Waals surface area contributed by atoms with Gasteiger partial charge in [0, 0.05) is 18.9 Å². The molecule has 1 aliphatic heterocycles. The average molecular weight is 222 g/mol. The van der Waals surface area contributed by atoms with Gasteiger partial charge in [-0.15, -0.1) is 0 Å². The van der Waals surface area contributed by atoms with Gasteiger partial charge in [-0.1, -0.05) is 18.2 Å². The number of rotatable bonds is 3. The number of benzene rings is 1. The minimum Gasteiger partial charge on any atom is -0.481 e. The van der Waals surface area contributed by atoms with Crippen LogP contribution in [-0.2, 0) is 16.1 Å². The summed E-state index contributed by atoms with van der Waals surface area (Å²) < 4.78 is 11.2. The molecule has 0 spiro atoms. The Balaban J connectivity index is 2.08.